The summed E-state index contributed by atoms with van der Waals surface area (Å²) in [5.41, 5.74) is 18.6. The van der Waals surface area contributed by atoms with Gasteiger partial charge in [0.1, 0.15) is 11.2 Å². The van der Waals surface area contributed by atoms with Crippen molar-refractivity contribution in [3.63, 3.8) is 0 Å². The summed E-state index contributed by atoms with van der Waals surface area (Å²) in [7, 11) is 0. The van der Waals surface area contributed by atoms with Crippen molar-refractivity contribution >= 4 is 76.6 Å². The molecular weight excluding hydrogens is 817 g/mol. The normalized spacial score (nSPS) is 11.9. The number of furan rings is 1. The second-order valence-electron chi connectivity index (χ2n) is 17.3. The smallest absolute Gasteiger partial charge is 0.143 e. The second kappa shape index (κ2) is 14.7. The standard InChI is InChI=1S/C62H38N4O/c1-3-14-40(15-4-1)60-61(41-16-5-2-6-17-41)64-54-38-45(32-35-53(54)63-60)66-56-24-11-8-19-48(56)50-34-29-43(37-58(50)66)42-28-33-49-47-18-7-10-23-55(47)65(57(49)36-42)44-30-26-39(27-31-44)46-21-13-22-52-51-20-9-12-25-59(51)67-62(46)52/h1-38H. The maximum Gasteiger partial charge on any atom is 0.143 e. The molecule has 312 valence electrons. The third-order valence-electron chi connectivity index (χ3n) is 13.5. The van der Waals surface area contributed by atoms with Crippen LogP contribution in [0, 0.1) is 0 Å². The van der Waals surface area contributed by atoms with Crippen molar-refractivity contribution in [1.82, 2.24) is 19.1 Å². The molecule has 5 heteroatoms. The average Bonchev–Trinajstić information content (AvgIpc) is 4.06. The lowest BCUT2D eigenvalue weighted by molar-refractivity contribution is 0.670. The summed E-state index contributed by atoms with van der Waals surface area (Å²) in [5.74, 6) is 0. The Morgan fingerprint density at radius 1 is 0.299 bits per heavy atom. The Morgan fingerprint density at radius 3 is 1.43 bits per heavy atom. The highest BCUT2D eigenvalue weighted by atomic mass is 16.3. The summed E-state index contributed by atoms with van der Waals surface area (Å²) >= 11 is 0. The molecule has 0 unspecified atom stereocenters. The van der Waals surface area contributed by atoms with E-state index in [0.29, 0.717) is 0 Å². The first kappa shape index (κ1) is 37.3. The molecule has 0 fully saturated rings. The van der Waals surface area contributed by atoms with Crippen LogP contribution in [-0.4, -0.2) is 19.1 Å². The Kier molecular flexibility index (Phi) is 8.21. The van der Waals surface area contributed by atoms with E-state index in [2.05, 4.69) is 215 Å². The van der Waals surface area contributed by atoms with E-state index < -0.39 is 0 Å². The third-order valence-corrected chi connectivity index (χ3v) is 13.5. The average molecular weight is 855 g/mol. The first-order chi connectivity index (χ1) is 33.2. The molecule has 0 aliphatic carbocycles. The maximum absolute atomic E-state index is 6.43. The van der Waals surface area contributed by atoms with Gasteiger partial charge in [-0.3, -0.25) is 0 Å². The molecule has 14 aromatic rings. The molecule has 0 atom stereocenters. The molecule has 0 aliphatic heterocycles. The Morgan fingerprint density at radius 2 is 0.791 bits per heavy atom. The number of aromatic nitrogens is 4. The van der Waals surface area contributed by atoms with E-state index in [1.807, 2.05) is 24.3 Å². The van der Waals surface area contributed by atoms with E-state index in [-0.39, 0.29) is 0 Å². The summed E-state index contributed by atoms with van der Waals surface area (Å²) in [5, 5.41) is 7.11. The first-order valence-electron chi connectivity index (χ1n) is 22.7. The number of nitrogens with zero attached hydrogens (tertiary/aromatic N) is 4. The molecule has 14 rings (SSSR count). The van der Waals surface area contributed by atoms with Gasteiger partial charge in [0, 0.05) is 60.4 Å². The van der Waals surface area contributed by atoms with Gasteiger partial charge in [-0.1, -0.05) is 170 Å². The lowest BCUT2D eigenvalue weighted by Gasteiger charge is -2.13. The van der Waals surface area contributed by atoms with Crippen molar-refractivity contribution in [2.45, 2.75) is 0 Å². The van der Waals surface area contributed by atoms with Gasteiger partial charge in [-0.25, -0.2) is 9.97 Å². The van der Waals surface area contributed by atoms with E-state index >= 15 is 0 Å². The predicted octanol–water partition coefficient (Wildman–Crippen LogP) is 16.4. The summed E-state index contributed by atoms with van der Waals surface area (Å²) in [6, 6.07) is 82.0. The molecule has 5 nitrogen and oxygen atoms in total. The van der Waals surface area contributed by atoms with E-state index in [1.165, 1.54) is 27.1 Å². The molecule has 0 saturated heterocycles. The van der Waals surface area contributed by atoms with Gasteiger partial charge in [0.15, 0.2) is 0 Å². The van der Waals surface area contributed by atoms with Crippen molar-refractivity contribution in [2.24, 2.45) is 0 Å². The maximum atomic E-state index is 6.43. The molecule has 67 heavy (non-hydrogen) atoms. The molecule has 0 bridgehead atoms. The van der Waals surface area contributed by atoms with Crippen molar-refractivity contribution in [3.05, 3.63) is 231 Å². The Bertz CT molecular complexity index is 4260. The van der Waals surface area contributed by atoms with Crippen LogP contribution in [0.4, 0.5) is 0 Å². The molecule has 0 radical (unpaired) electrons. The fraction of sp³-hybridized carbons (Fsp3) is 0. The highest BCUT2D eigenvalue weighted by Crippen LogP contribution is 2.41. The number of hydrogen-bond donors (Lipinski definition) is 0. The van der Waals surface area contributed by atoms with Gasteiger partial charge in [0.2, 0.25) is 0 Å². The van der Waals surface area contributed by atoms with E-state index in [0.717, 1.165) is 106 Å². The largest absolute Gasteiger partial charge is 0.455 e. The van der Waals surface area contributed by atoms with Gasteiger partial charge in [-0.05, 0) is 77.4 Å². The fourth-order valence-corrected chi connectivity index (χ4v) is 10.4. The number of para-hydroxylation sites is 4. The molecule has 4 aromatic heterocycles. The molecule has 0 saturated carbocycles. The van der Waals surface area contributed by atoms with Crippen molar-refractivity contribution in [1.29, 1.82) is 0 Å². The van der Waals surface area contributed by atoms with Gasteiger partial charge >= 0.3 is 0 Å². The molecule has 4 heterocycles. The molecule has 0 spiro atoms. The highest BCUT2D eigenvalue weighted by Gasteiger charge is 2.19. The first-order valence-corrected chi connectivity index (χ1v) is 22.7. The van der Waals surface area contributed by atoms with Crippen molar-refractivity contribution in [3.8, 4) is 56.1 Å². The summed E-state index contributed by atoms with van der Waals surface area (Å²) in [4.78, 5) is 10.6. The predicted molar refractivity (Wildman–Crippen MR) is 277 cm³/mol. The van der Waals surface area contributed by atoms with Crippen LogP contribution in [0.1, 0.15) is 0 Å². The summed E-state index contributed by atoms with van der Waals surface area (Å²) in [6.45, 7) is 0. The van der Waals surface area contributed by atoms with Crippen LogP contribution >= 0.6 is 0 Å². The zero-order valence-electron chi connectivity index (χ0n) is 36.1. The Labute approximate surface area is 385 Å². The zero-order chi connectivity index (χ0) is 44.0. The number of rotatable bonds is 6. The topological polar surface area (TPSA) is 48.8 Å². The van der Waals surface area contributed by atoms with Gasteiger partial charge in [-0.15, -0.1) is 0 Å². The molecule has 0 amide bonds. The lowest BCUT2D eigenvalue weighted by Crippen LogP contribution is -1.98. The van der Waals surface area contributed by atoms with Crippen LogP contribution in [-0.2, 0) is 0 Å². The number of benzene rings is 10. The monoisotopic (exact) mass is 854 g/mol. The van der Waals surface area contributed by atoms with E-state index in [1.54, 1.807) is 0 Å². The lowest BCUT2D eigenvalue weighted by atomic mass is 10.0. The molecule has 0 aliphatic rings. The zero-order valence-corrected chi connectivity index (χ0v) is 36.1. The SMILES string of the molecule is c1ccc(-c2nc3ccc(-n4c5ccccc5c5ccc(-c6ccc7c8ccccc8n(-c8ccc(-c9cccc%10c9oc9ccccc9%10)cc8)c7c6)cc54)cc3nc2-c2ccccc2)cc1. The second-order valence-corrected chi connectivity index (χ2v) is 17.3. The fourth-order valence-electron chi connectivity index (χ4n) is 10.4. The van der Waals surface area contributed by atoms with Gasteiger partial charge in [0.05, 0.1) is 44.5 Å². The Hall–Kier alpha value is -9.06. The minimum atomic E-state index is 0.844. The molecule has 0 N–H and O–H groups in total. The van der Waals surface area contributed by atoms with E-state index in [4.69, 9.17) is 14.4 Å². The minimum absolute atomic E-state index is 0.844. The van der Waals surface area contributed by atoms with Crippen LogP contribution < -0.4 is 0 Å². The summed E-state index contributed by atoms with van der Waals surface area (Å²) < 4.78 is 11.2. The third kappa shape index (κ3) is 5.88. The van der Waals surface area contributed by atoms with Gasteiger partial charge in [-0.2, -0.15) is 0 Å². The van der Waals surface area contributed by atoms with Crippen LogP contribution in [0.15, 0.2) is 235 Å². The van der Waals surface area contributed by atoms with Crippen molar-refractivity contribution in [2.75, 3.05) is 0 Å². The van der Waals surface area contributed by atoms with E-state index in [9.17, 15) is 0 Å². The minimum Gasteiger partial charge on any atom is -0.455 e. The number of fused-ring (bicyclic) bond motifs is 10. The van der Waals surface area contributed by atoms with Gasteiger partial charge < -0.3 is 13.6 Å². The Balaban J connectivity index is 0.905. The van der Waals surface area contributed by atoms with Crippen LogP contribution in [0.5, 0.6) is 0 Å². The van der Waals surface area contributed by atoms with Crippen LogP contribution in [0.3, 0.4) is 0 Å². The van der Waals surface area contributed by atoms with Crippen LogP contribution in [0.25, 0.3) is 133 Å². The molecular formula is C62H38N4O. The molecule has 10 aromatic carbocycles. The van der Waals surface area contributed by atoms with Gasteiger partial charge in [0.25, 0.3) is 0 Å². The highest BCUT2D eigenvalue weighted by molar-refractivity contribution is 6.13. The van der Waals surface area contributed by atoms with Crippen molar-refractivity contribution < 1.29 is 4.42 Å². The van der Waals surface area contributed by atoms with Crippen LogP contribution in [0.2, 0.25) is 0 Å². The quantitative estimate of drug-likeness (QED) is 0.167. The number of hydrogen-bond acceptors (Lipinski definition) is 3. The summed E-state index contributed by atoms with van der Waals surface area (Å²) in [6.07, 6.45) is 0.